The number of anilines is 2. The van der Waals surface area contributed by atoms with Crippen LogP contribution in [-0.2, 0) is 9.59 Å². The smallest absolute Gasteiger partial charge is 0.251 e. The fraction of sp³-hybridized carbons (Fsp3) is 0.286. The molecule has 0 radical (unpaired) electrons. The molecule has 0 aliphatic heterocycles. The number of nitrogens with one attached hydrogen (secondary N) is 3. The Kier molecular flexibility index (Phi) is 7.11. The average Bonchev–Trinajstić information content (AvgIpc) is 2.65. The Morgan fingerprint density at radius 3 is 2.15 bits per heavy atom. The highest BCUT2D eigenvalue weighted by atomic mass is 16.2. The maximum atomic E-state index is 12.8. The van der Waals surface area contributed by atoms with Gasteiger partial charge < -0.3 is 16.0 Å². The van der Waals surface area contributed by atoms with Crippen LogP contribution in [0.1, 0.15) is 37.6 Å². The number of rotatable bonds is 7. The van der Waals surface area contributed by atoms with Crippen LogP contribution in [0.3, 0.4) is 0 Å². The summed E-state index contributed by atoms with van der Waals surface area (Å²) in [7, 11) is 0. The van der Waals surface area contributed by atoms with Crippen molar-refractivity contribution < 1.29 is 14.4 Å². The van der Waals surface area contributed by atoms with E-state index in [1.165, 1.54) is 6.92 Å². The molecule has 0 fully saturated rings. The third-order valence-corrected chi connectivity index (χ3v) is 4.27. The first-order valence-electron chi connectivity index (χ1n) is 8.95. The van der Waals surface area contributed by atoms with Crippen molar-refractivity contribution in [3.8, 4) is 0 Å². The van der Waals surface area contributed by atoms with Gasteiger partial charge >= 0.3 is 0 Å². The quantitative estimate of drug-likeness (QED) is 0.701. The van der Waals surface area contributed by atoms with Gasteiger partial charge in [-0.3, -0.25) is 14.4 Å². The second-order valence-corrected chi connectivity index (χ2v) is 6.45. The number of amides is 3. The third kappa shape index (κ3) is 5.95. The highest BCUT2D eigenvalue weighted by molar-refractivity contribution is 6.01. The Bertz CT molecular complexity index is 805. The predicted molar refractivity (Wildman–Crippen MR) is 107 cm³/mol. The van der Waals surface area contributed by atoms with Crippen LogP contribution in [-0.4, -0.2) is 23.8 Å². The first kappa shape index (κ1) is 20.2. The standard InChI is InChI=1S/C21H25N3O3/c1-4-14(2)19(24-20(26)16-9-6-5-7-10-16)21(27)23-18-12-8-11-17(13-18)22-15(3)25/h5-14,19H,4H2,1-3H3,(H,22,25)(H,23,27)(H,24,26). The van der Waals surface area contributed by atoms with E-state index in [1.807, 2.05) is 19.9 Å². The largest absolute Gasteiger partial charge is 0.340 e. The van der Waals surface area contributed by atoms with E-state index in [9.17, 15) is 14.4 Å². The Balaban J connectivity index is 2.13. The molecule has 2 unspecified atom stereocenters. The molecule has 0 heterocycles. The fourth-order valence-electron chi connectivity index (χ4n) is 2.61. The summed E-state index contributed by atoms with van der Waals surface area (Å²) >= 11 is 0. The molecule has 0 aromatic heterocycles. The van der Waals surface area contributed by atoms with Gasteiger partial charge in [0.15, 0.2) is 0 Å². The SMILES string of the molecule is CCC(C)C(NC(=O)c1ccccc1)C(=O)Nc1cccc(NC(C)=O)c1. The summed E-state index contributed by atoms with van der Waals surface area (Å²) in [4.78, 5) is 36.5. The Hall–Kier alpha value is -3.15. The van der Waals surface area contributed by atoms with E-state index in [0.717, 1.165) is 6.42 Å². The highest BCUT2D eigenvalue weighted by Crippen LogP contribution is 2.17. The zero-order valence-electron chi connectivity index (χ0n) is 15.8. The lowest BCUT2D eigenvalue weighted by Crippen LogP contribution is -2.47. The number of benzene rings is 2. The van der Waals surface area contributed by atoms with Crippen molar-refractivity contribution in [1.29, 1.82) is 0 Å². The van der Waals surface area contributed by atoms with Crippen molar-refractivity contribution in [2.24, 2.45) is 5.92 Å². The van der Waals surface area contributed by atoms with Crippen LogP contribution < -0.4 is 16.0 Å². The zero-order valence-corrected chi connectivity index (χ0v) is 15.8. The summed E-state index contributed by atoms with van der Waals surface area (Å²) < 4.78 is 0. The molecule has 6 heteroatoms. The van der Waals surface area contributed by atoms with Crippen LogP contribution in [0.5, 0.6) is 0 Å². The Morgan fingerprint density at radius 2 is 1.56 bits per heavy atom. The lowest BCUT2D eigenvalue weighted by atomic mass is 9.97. The van der Waals surface area contributed by atoms with Crippen molar-refractivity contribution in [2.75, 3.05) is 10.6 Å². The van der Waals surface area contributed by atoms with Crippen LogP contribution in [0.2, 0.25) is 0 Å². The molecule has 0 bridgehead atoms. The Labute approximate surface area is 159 Å². The van der Waals surface area contributed by atoms with Gasteiger partial charge in [0.1, 0.15) is 6.04 Å². The van der Waals surface area contributed by atoms with E-state index in [0.29, 0.717) is 16.9 Å². The maximum Gasteiger partial charge on any atom is 0.251 e. The summed E-state index contributed by atoms with van der Waals surface area (Å²) in [6, 6.07) is 15.0. The fourth-order valence-corrected chi connectivity index (χ4v) is 2.61. The molecule has 2 aromatic carbocycles. The molecule has 2 aromatic rings. The van der Waals surface area contributed by atoms with Gasteiger partial charge in [-0.05, 0) is 36.2 Å². The van der Waals surface area contributed by atoms with Gasteiger partial charge in [0.05, 0.1) is 0 Å². The van der Waals surface area contributed by atoms with Crippen molar-refractivity contribution >= 4 is 29.1 Å². The highest BCUT2D eigenvalue weighted by Gasteiger charge is 2.26. The minimum Gasteiger partial charge on any atom is -0.340 e. The summed E-state index contributed by atoms with van der Waals surface area (Å²) in [6.45, 7) is 5.31. The van der Waals surface area contributed by atoms with Gasteiger partial charge in [-0.25, -0.2) is 0 Å². The van der Waals surface area contributed by atoms with Gasteiger partial charge in [-0.2, -0.15) is 0 Å². The zero-order chi connectivity index (χ0) is 19.8. The van der Waals surface area contributed by atoms with Gasteiger partial charge in [-0.1, -0.05) is 44.5 Å². The second kappa shape index (κ2) is 9.52. The van der Waals surface area contributed by atoms with E-state index in [-0.39, 0.29) is 23.6 Å². The van der Waals surface area contributed by atoms with Crippen LogP contribution in [0.4, 0.5) is 11.4 Å². The van der Waals surface area contributed by atoms with Crippen molar-refractivity contribution in [1.82, 2.24) is 5.32 Å². The lowest BCUT2D eigenvalue weighted by Gasteiger charge is -2.23. The third-order valence-electron chi connectivity index (χ3n) is 4.27. The van der Waals surface area contributed by atoms with Gasteiger partial charge in [0.25, 0.3) is 5.91 Å². The van der Waals surface area contributed by atoms with E-state index in [4.69, 9.17) is 0 Å². The Morgan fingerprint density at radius 1 is 0.926 bits per heavy atom. The molecule has 0 saturated heterocycles. The molecule has 0 aliphatic carbocycles. The van der Waals surface area contributed by atoms with Gasteiger partial charge in [-0.15, -0.1) is 0 Å². The van der Waals surface area contributed by atoms with Crippen molar-refractivity contribution in [2.45, 2.75) is 33.2 Å². The summed E-state index contributed by atoms with van der Waals surface area (Å²) in [5, 5.41) is 8.33. The van der Waals surface area contributed by atoms with Gasteiger partial charge in [0, 0.05) is 23.9 Å². The average molecular weight is 367 g/mol. The van der Waals surface area contributed by atoms with E-state index in [1.54, 1.807) is 48.5 Å². The molecule has 142 valence electrons. The van der Waals surface area contributed by atoms with E-state index >= 15 is 0 Å². The second-order valence-electron chi connectivity index (χ2n) is 6.45. The topological polar surface area (TPSA) is 87.3 Å². The molecule has 0 aliphatic rings. The van der Waals surface area contributed by atoms with Crippen LogP contribution in [0, 0.1) is 5.92 Å². The molecule has 2 rings (SSSR count). The number of carbonyl (C=O) groups is 3. The molecule has 0 spiro atoms. The lowest BCUT2D eigenvalue weighted by molar-refractivity contribution is -0.119. The van der Waals surface area contributed by atoms with E-state index in [2.05, 4.69) is 16.0 Å². The summed E-state index contributed by atoms with van der Waals surface area (Å²) in [6.07, 6.45) is 0.735. The first-order chi connectivity index (χ1) is 12.9. The minimum absolute atomic E-state index is 0.0452. The van der Waals surface area contributed by atoms with E-state index < -0.39 is 6.04 Å². The first-order valence-corrected chi connectivity index (χ1v) is 8.95. The molecule has 3 N–H and O–H groups in total. The van der Waals surface area contributed by atoms with Crippen LogP contribution >= 0.6 is 0 Å². The molecule has 2 atom stereocenters. The summed E-state index contributed by atoms with van der Waals surface area (Å²) in [5.74, 6) is -0.820. The molecule has 3 amide bonds. The number of carbonyl (C=O) groups excluding carboxylic acids is 3. The predicted octanol–water partition coefficient (Wildman–Crippen LogP) is 3.43. The number of hydrogen-bond donors (Lipinski definition) is 3. The summed E-state index contributed by atoms with van der Waals surface area (Å²) in [5.41, 5.74) is 1.65. The monoisotopic (exact) mass is 367 g/mol. The van der Waals surface area contributed by atoms with Crippen LogP contribution in [0.15, 0.2) is 54.6 Å². The number of hydrogen-bond acceptors (Lipinski definition) is 3. The van der Waals surface area contributed by atoms with Crippen LogP contribution in [0.25, 0.3) is 0 Å². The normalized spacial score (nSPS) is 12.6. The minimum atomic E-state index is -0.674. The molecule has 6 nitrogen and oxygen atoms in total. The maximum absolute atomic E-state index is 12.8. The molecule has 0 saturated carbocycles. The molecular weight excluding hydrogens is 342 g/mol. The van der Waals surface area contributed by atoms with Gasteiger partial charge in [0.2, 0.25) is 11.8 Å². The van der Waals surface area contributed by atoms with Crippen molar-refractivity contribution in [3.05, 3.63) is 60.2 Å². The van der Waals surface area contributed by atoms with Crippen molar-refractivity contribution in [3.63, 3.8) is 0 Å². The molecule has 27 heavy (non-hydrogen) atoms. The molecular formula is C21H25N3O3.